The second-order valence-corrected chi connectivity index (χ2v) is 14.4. The molecule has 0 aromatic heterocycles. The van der Waals surface area contributed by atoms with Gasteiger partial charge in [0.25, 0.3) is 0 Å². The summed E-state index contributed by atoms with van der Waals surface area (Å²) < 4.78 is 16.4. The molecule has 1 aliphatic rings. The maximum Gasteiger partial charge on any atom is 0.408 e. The lowest BCUT2D eigenvalue weighted by Crippen LogP contribution is -2.64. The Balaban J connectivity index is 2.66. The highest BCUT2D eigenvalue weighted by Crippen LogP contribution is 2.42. The molecule has 146 valence electrons. The largest absolute Gasteiger partial charge is 0.467 e. The van der Waals surface area contributed by atoms with Crippen molar-refractivity contribution in [2.75, 3.05) is 13.7 Å². The van der Waals surface area contributed by atoms with Crippen LogP contribution in [0.1, 0.15) is 54.4 Å². The number of alkyl carbamates (subject to hydrolysis) is 1. The Morgan fingerprint density at radius 1 is 1.12 bits per heavy atom. The summed E-state index contributed by atoms with van der Waals surface area (Å²) in [6, 6.07) is 0. The van der Waals surface area contributed by atoms with E-state index in [9.17, 15) is 9.59 Å². The molecule has 0 heterocycles. The molecule has 0 aromatic carbocycles. The first-order valence-electron chi connectivity index (χ1n) is 8.85. The molecular weight excluding hydrogens is 338 g/mol. The van der Waals surface area contributed by atoms with Crippen molar-refractivity contribution < 1.29 is 23.5 Å². The first-order chi connectivity index (χ1) is 11.1. The number of amides is 1. The van der Waals surface area contributed by atoms with Gasteiger partial charge in [-0.25, -0.2) is 9.59 Å². The van der Waals surface area contributed by atoms with Gasteiger partial charge in [0, 0.05) is 6.61 Å². The van der Waals surface area contributed by atoms with Crippen LogP contribution in [0.5, 0.6) is 0 Å². The molecule has 7 heteroatoms. The van der Waals surface area contributed by atoms with Crippen molar-refractivity contribution in [1.82, 2.24) is 5.32 Å². The van der Waals surface area contributed by atoms with Crippen molar-refractivity contribution in [3.8, 4) is 0 Å². The highest BCUT2D eigenvalue weighted by Gasteiger charge is 2.53. The van der Waals surface area contributed by atoms with Gasteiger partial charge in [0.2, 0.25) is 0 Å². The summed E-state index contributed by atoms with van der Waals surface area (Å²) in [7, 11) is -0.490. The fraction of sp³-hybridized carbons (Fsp3) is 0.889. The number of rotatable bonds is 5. The Morgan fingerprint density at radius 2 is 1.64 bits per heavy atom. The maximum absolute atomic E-state index is 12.2. The van der Waals surface area contributed by atoms with Crippen LogP contribution in [-0.2, 0) is 18.7 Å². The summed E-state index contributed by atoms with van der Waals surface area (Å²) in [5, 5.41) is 2.86. The van der Waals surface area contributed by atoms with Gasteiger partial charge in [-0.05, 0) is 57.7 Å². The van der Waals surface area contributed by atoms with Crippen molar-refractivity contribution in [2.45, 2.75) is 83.7 Å². The molecule has 1 fully saturated rings. The summed E-state index contributed by atoms with van der Waals surface area (Å²) in [5.41, 5.74) is -1.62. The summed E-state index contributed by atoms with van der Waals surface area (Å²) in [4.78, 5) is 24.3. The van der Waals surface area contributed by atoms with Crippen LogP contribution in [-0.4, -0.2) is 45.2 Å². The van der Waals surface area contributed by atoms with E-state index in [2.05, 4.69) is 39.2 Å². The highest BCUT2D eigenvalue weighted by atomic mass is 28.4. The van der Waals surface area contributed by atoms with Crippen LogP contribution in [0.4, 0.5) is 4.79 Å². The molecule has 25 heavy (non-hydrogen) atoms. The van der Waals surface area contributed by atoms with Gasteiger partial charge in [-0.15, -0.1) is 0 Å². The zero-order valence-corrected chi connectivity index (χ0v) is 18.2. The average molecular weight is 374 g/mol. The molecule has 6 nitrogen and oxygen atoms in total. The highest BCUT2D eigenvalue weighted by molar-refractivity contribution is 6.74. The second-order valence-electron chi connectivity index (χ2n) is 9.55. The summed E-state index contributed by atoms with van der Waals surface area (Å²) >= 11 is 0. The van der Waals surface area contributed by atoms with Gasteiger partial charge in [0.05, 0.1) is 7.11 Å². The zero-order chi connectivity index (χ0) is 19.7. The Labute approximate surface area is 153 Å². The normalized spacial score (nSPS) is 24.3. The molecular formula is C18H35NO5Si. The second kappa shape index (κ2) is 7.27. The Bertz CT molecular complexity index is 499. The number of carbonyl (C=O) groups is 2. The van der Waals surface area contributed by atoms with E-state index >= 15 is 0 Å². The van der Waals surface area contributed by atoms with Crippen LogP contribution in [0.25, 0.3) is 0 Å². The van der Waals surface area contributed by atoms with Crippen LogP contribution < -0.4 is 5.32 Å². The van der Waals surface area contributed by atoms with E-state index in [1.54, 1.807) is 20.8 Å². The minimum Gasteiger partial charge on any atom is -0.467 e. The van der Waals surface area contributed by atoms with Crippen molar-refractivity contribution in [3.05, 3.63) is 0 Å². The Morgan fingerprint density at radius 3 is 2.04 bits per heavy atom. The standard InChI is InChI=1S/C18H35NO5Si/c1-16(2,3)24-15(21)19-18(14(20)22-7)10-13(11-18)12-23-25(8,9)17(4,5)6/h13H,10-12H2,1-9H3,(H,19,21). The Hall–Kier alpha value is -1.08. The van der Waals surface area contributed by atoms with Gasteiger partial charge in [0.1, 0.15) is 11.1 Å². The third-order valence-electron chi connectivity index (χ3n) is 5.08. The van der Waals surface area contributed by atoms with E-state index in [4.69, 9.17) is 13.9 Å². The van der Waals surface area contributed by atoms with E-state index in [1.165, 1.54) is 7.11 Å². The molecule has 1 rings (SSSR count). The van der Waals surface area contributed by atoms with Gasteiger partial charge < -0.3 is 19.2 Å². The van der Waals surface area contributed by atoms with Gasteiger partial charge in [-0.3, -0.25) is 0 Å². The third kappa shape index (κ3) is 5.71. The molecule has 0 radical (unpaired) electrons. The van der Waals surface area contributed by atoms with Crippen LogP contribution in [0.3, 0.4) is 0 Å². The monoisotopic (exact) mass is 373 g/mol. The van der Waals surface area contributed by atoms with Gasteiger partial charge in [-0.1, -0.05) is 20.8 Å². The fourth-order valence-electron chi connectivity index (χ4n) is 2.60. The first kappa shape index (κ1) is 22.0. The van der Waals surface area contributed by atoms with Crippen LogP contribution in [0, 0.1) is 5.92 Å². The fourth-order valence-corrected chi connectivity index (χ4v) is 3.69. The lowest BCUT2D eigenvalue weighted by Gasteiger charge is -2.47. The van der Waals surface area contributed by atoms with E-state index in [0.29, 0.717) is 19.4 Å². The maximum atomic E-state index is 12.2. The van der Waals surface area contributed by atoms with Crippen LogP contribution in [0.2, 0.25) is 18.1 Å². The molecule has 0 aromatic rings. The number of hydrogen-bond donors (Lipinski definition) is 1. The quantitative estimate of drug-likeness (QED) is 0.585. The van der Waals surface area contributed by atoms with Crippen LogP contribution in [0.15, 0.2) is 0 Å². The molecule has 1 aliphatic carbocycles. The molecule has 0 saturated heterocycles. The minimum atomic E-state index is -1.82. The molecule has 1 amide bonds. The lowest BCUT2D eigenvalue weighted by molar-refractivity contribution is -0.155. The number of carbonyl (C=O) groups excluding carboxylic acids is 2. The number of nitrogens with one attached hydrogen (secondary N) is 1. The summed E-state index contributed by atoms with van der Waals surface area (Å²) in [5.74, 6) is -0.204. The molecule has 1 N–H and O–H groups in total. The van der Waals surface area contributed by atoms with Gasteiger partial charge in [0.15, 0.2) is 8.32 Å². The average Bonchev–Trinajstić information content (AvgIpc) is 2.36. The zero-order valence-electron chi connectivity index (χ0n) is 17.2. The number of hydrogen-bond acceptors (Lipinski definition) is 5. The van der Waals surface area contributed by atoms with E-state index in [1.807, 2.05) is 0 Å². The number of esters is 1. The summed E-state index contributed by atoms with van der Waals surface area (Å²) in [6.45, 7) is 17.0. The number of methoxy groups -OCH3 is 1. The molecule has 0 aliphatic heterocycles. The van der Waals surface area contributed by atoms with Gasteiger partial charge >= 0.3 is 12.1 Å². The van der Waals surface area contributed by atoms with E-state index < -0.39 is 31.5 Å². The molecule has 0 spiro atoms. The molecule has 0 atom stereocenters. The SMILES string of the molecule is COC(=O)C1(NC(=O)OC(C)(C)C)CC(CO[Si](C)(C)C(C)(C)C)C1. The predicted octanol–water partition coefficient (Wildman–Crippen LogP) is 3.85. The first-order valence-corrected chi connectivity index (χ1v) is 11.8. The van der Waals surface area contributed by atoms with E-state index in [-0.39, 0.29) is 11.0 Å². The minimum absolute atomic E-state index is 0.144. The van der Waals surface area contributed by atoms with Crippen molar-refractivity contribution in [2.24, 2.45) is 5.92 Å². The molecule has 0 unspecified atom stereocenters. The molecule has 0 bridgehead atoms. The predicted molar refractivity (Wildman–Crippen MR) is 100.0 cm³/mol. The van der Waals surface area contributed by atoms with E-state index in [0.717, 1.165) is 0 Å². The van der Waals surface area contributed by atoms with Crippen LogP contribution >= 0.6 is 0 Å². The summed E-state index contributed by atoms with van der Waals surface area (Å²) in [6.07, 6.45) is 0.419. The Kier molecular flexibility index (Phi) is 6.38. The topological polar surface area (TPSA) is 73.9 Å². The number of ether oxygens (including phenoxy) is 2. The third-order valence-corrected chi connectivity index (χ3v) is 9.58. The lowest BCUT2D eigenvalue weighted by atomic mass is 9.68. The molecule has 1 saturated carbocycles. The van der Waals surface area contributed by atoms with Gasteiger partial charge in [-0.2, -0.15) is 0 Å². The van der Waals surface area contributed by atoms with Crippen molar-refractivity contribution >= 4 is 20.4 Å². The smallest absolute Gasteiger partial charge is 0.408 e. The van der Waals surface area contributed by atoms with Crippen molar-refractivity contribution in [3.63, 3.8) is 0 Å². The van der Waals surface area contributed by atoms with Crippen molar-refractivity contribution in [1.29, 1.82) is 0 Å².